The molecule has 0 radical (unpaired) electrons. The second-order valence-corrected chi connectivity index (χ2v) is 3.50. The van der Waals surface area contributed by atoms with Gasteiger partial charge in [0.1, 0.15) is 11.9 Å². The minimum Gasteiger partial charge on any atom is -0.355 e. The first-order valence-corrected chi connectivity index (χ1v) is 4.52. The number of amides is 1. The Morgan fingerprint density at radius 2 is 2.47 bits per heavy atom. The summed E-state index contributed by atoms with van der Waals surface area (Å²) in [6, 6.07) is 0. The number of nitrogens with one attached hydrogen (secondary N) is 1. The van der Waals surface area contributed by atoms with Crippen molar-refractivity contribution in [3.8, 4) is 0 Å². The zero-order valence-corrected chi connectivity index (χ0v) is 8.14. The van der Waals surface area contributed by atoms with E-state index in [1.165, 1.54) is 10.9 Å². The van der Waals surface area contributed by atoms with E-state index < -0.39 is 4.92 Å². The first-order chi connectivity index (χ1) is 7.09. The second kappa shape index (κ2) is 3.34. The van der Waals surface area contributed by atoms with Crippen molar-refractivity contribution in [2.24, 2.45) is 7.05 Å². The maximum absolute atomic E-state index is 11.0. The summed E-state index contributed by atoms with van der Waals surface area (Å²) in [4.78, 5) is 21.3. The Bertz CT molecular complexity index is 426. The van der Waals surface area contributed by atoms with Gasteiger partial charge in [-0.1, -0.05) is 0 Å². The van der Waals surface area contributed by atoms with E-state index in [2.05, 4.69) is 10.4 Å². The fraction of sp³-hybridized carbons (Fsp3) is 0.500. The third-order valence-electron chi connectivity index (χ3n) is 2.53. The molecule has 80 valence electrons. The molecule has 0 saturated carbocycles. The van der Waals surface area contributed by atoms with E-state index in [-0.39, 0.29) is 17.5 Å². The molecule has 2 heterocycles. The van der Waals surface area contributed by atoms with E-state index in [0.717, 1.165) is 0 Å². The van der Waals surface area contributed by atoms with Crippen LogP contribution in [-0.4, -0.2) is 27.2 Å². The number of carbonyl (C=O) groups is 1. The van der Waals surface area contributed by atoms with E-state index in [1.54, 1.807) is 7.05 Å². The Balaban J connectivity index is 2.38. The number of nitrogens with zero attached hydrogens (tertiary/aromatic N) is 3. The van der Waals surface area contributed by atoms with Gasteiger partial charge in [0.2, 0.25) is 5.91 Å². The van der Waals surface area contributed by atoms with Crippen LogP contribution in [0, 0.1) is 10.1 Å². The Morgan fingerprint density at radius 1 is 1.73 bits per heavy atom. The van der Waals surface area contributed by atoms with Gasteiger partial charge in [0, 0.05) is 25.9 Å². The number of aromatic nitrogens is 2. The fourth-order valence-corrected chi connectivity index (χ4v) is 1.85. The Labute approximate surface area is 85.2 Å². The van der Waals surface area contributed by atoms with E-state index in [9.17, 15) is 14.9 Å². The third kappa shape index (κ3) is 1.56. The van der Waals surface area contributed by atoms with Crippen LogP contribution < -0.4 is 5.32 Å². The van der Waals surface area contributed by atoms with Crippen molar-refractivity contribution in [3.63, 3.8) is 0 Å². The van der Waals surface area contributed by atoms with E-state index in [4.69, 9.17) is 0 Å². The quantitative estimate of drug-likeness (QED) is 0.546. The zero-order valence-electron chi connectivity index (χ0n) is 8.14. The number of aryl methyl sites for hydroxylation is 1. The predicted molar refractivity (Wildman–Crippen MR) is 50.2 cm³/mol. The highest BCUT2D eigenvalue weighted by atomic mass is 16.6. The average Bonchev–Trinajstić information content (AvgIpc) is 2.71. The molecule has 1 saturated heterocycles. The molecule has 7 heteroatoms. The summed E-state index contributed by atoms with van der Waals surface area (Å²) < 4.78 is 1.46. The van der Waals surface area contributed by atoms with Gasteiger partial charge >= 0.3 is 5.69 Å². The summed E-state index contributed by atoms with van der Waals surface area (Å²) >= 11 is 0. The first-order valence-electron chi connectivity index (χ1n) is 4.52. The molecule has 1 unspecified atom stereocenters. The second-order valence-electron chi connectivity index (χ2n) is 3.50. The average molecular weight is 210 g/mol. The molecule has 1 fully saturated rings. The third-order valence-corrected chi connectivity index (χ3v) is 2.53. The minimum atomic E-state index is -0.467. The monoisotopic (exact) mass is 210 g/mol. The zero-order chi connectivity index (χ0) is 11.0. The van der Waals surface area contributed by atoms with Crippen LogP contribution in [0.15, 0.2) is 6.20 Å². The van der Waals surface area contributed by atoms with Gasteiger partial charge in [-0.05, 0) is 0 Å². The summed E-state index contributed by atoms with van der Waals surface area (Å²) in [5.41, 5.74) is 0.498. The molecule has 0 bridgehead atoms. The van der Waals surface area contributed by atoms with Crippen LogP contribution in [0.4, 0.5) is 5.69 Å². The molecular formula is C8H10N4O3. The lowest BCUT2D eigenvalue weighted by molar-refractivity contribution is -0.385. The SMILES string of the molecule is Cn1ncc([N+](=O)[O-])c1C1CNC(=O)C1. The molecule has 1 aromatic heterocycles. The number of hydrogen-bond acceptors (Lipinski definition) is 4. The lowest BCUT2D eigenvalue weighted by Gasteiger charge is -2.06. The van der Waals surface area contributed by atoms with Gasteiger partial charge in [0.05, 0.1) is 4.92 Å². The normalized spacial score (nSPS) is 20.3. The van der Waals surface area contributed by atoms with Gasteiger partial charge in [0.25, 0.3) is 0 Å². The molecule has 0 spiro atoms. The summed E-state index contributed by atoms with van der Waals surface area (Å²) in [5.74, 6) is -0.221. The molecule has 0 aromatic carbocycles. The van der Waals surface area contributed by atoms with Crippen molar-refractivity contribution >= 4 is 11.6 Å². The van der Waals surface area contributed by atoms with E-state index in [1.807, 2.05) is 0 Å². The molecule has 1 atom stereocenters. The van der Waals surface area contributed by atoms with Gasteiger partial charge < -0.3 is 5.32 Å². The Kier molecular flexibility index (Phi) is 2.14. The molecule has 1 aliphatic heterocycles. The molecule has 1 aliphatic rings. The number of rotatable bonds is 2. The fourth-order valence-electron chi connectivity index (χ4n) is 1.85. The van der Waals surface area contributed by atoms with Crippen molar-refractivity contribution in [2.75, 3.05) is 6.54 Å². The highest BCUT2D eigenvalue weighted by Crippen LogP contribution is 2.29. The topological polar surface area (TPSA) is 90.1 Å². The van der Waals surface area contributed by atoms with Crippen molar-refractivity contribution in [1.82, 2.24) is 15.1 Å². The molecule has 7 nitrogen and oxygen atoms in total. The van der Waals surface area contributed by atoms with Crippen molar-refractivity contribution < 1.29 is 9.72 Å². The first kappa shape index (κ1) is 9.63. The van der Waals surface area contributed by atoms with Gasteiger partial charge in [-0.15, -0.1) is 0 Å². The number of nitro groups is 1. The lowest BCUT2D eigenvalue weighted by atomic mass is 10.0. The van der Waals surface area contributed by atoms with Crippen LogP contribution in [-0.2, 0) is 11.8 Å². The van der Waals surface area contributed by atoms with Gasteiger partial charge in [-0.25, -0.2) is 0 Å². The summed E-state index contributed by atoms with van der Waals surface area (Å²) in [6.45, 7) is 0.444. The van der Waals surface area contributed by atoms with Crippen molar-refractivity contribution in [3.05, 3.63) is 22.0 Å². The Morgan fingerprint density at radius 3 is 3.00 bits per heavy atom. The lowest BCUT2D eigenvalue weighted by Crippen LogP contribution is -2.14. The van der Waals surface area contributed by atoms with Crippen LogP contribution in [0.1, 0.15) is 18.0 Å². The molecule has 0 aliphatic carbocycles. The molecule has 1 N–H and O–H groups in total. The Hall–Kier alpha value is -1.92. The largest absolute Gasteiger partial charge is 0.355 e. The maximum atomic E-state index is 11.0. The molecule has 1 aromatic rings. The molecule has 2 rings (SSSR count). The standard InChI is InChI=1S/C8H10N4O3/c1-11-8(5-2-7(13)9-3-5)6(4-10-11)12(14)15/h4-5H,2-3H2,1H3,(H,9,13). The van der Waals surface area contributed by atoms with Crippen LogP contribution in [0.3, 0.4) is 0 Å². The predicted octanol–water partition coefficient (Wildman–Crippen LogP) is -0.0682. The van der Waals surface area contributed by atoms with Gasteiger partial charge in [-0.2, -0.15) is 5.10 Å². The van der Waals surface area contributed by atoms with Crippen LogP contribution >= 0.6 is 0 Å². The van der Waals surface area contributed by atoms with Crippen molar-refractivity contribution in [2.45, 2.75) is 12.3 Å². The summed E-state index contributed by atoms with van der Waals surface area (Å²) in [6.07, 6.45) is 1.51. The number of hydrogen-bond donors (Lipinski definition) is 1. The molecular weight excluding hydrogens is 200 g/mol. The molecule has 1 amide bonds. The van der Waals surface area contributed by atoms with Crippen molar-refractivity contribution in [1.29, 1.82) is 0 Å². The van der Waals surface area contributed by atoms with Crippen LogP contribution in [0.5, 0.6) is 0 Å². The van der Waals surface area contributed by atoms with Crippen LogP contribution in [0.2, 0.25) is 0 Å². The smallest absolute Gasteiger partial charge is 0.310 e. The minimum absolute atomic E-state index is 0.0148. The van der Waals surface area contributed by atoms with Crippen LogP contribution in [0.25, 0.3) is 0 Å². The maximum Gasteiger partial charge on any atom is 0.310 e. The van der Waals surface area contributed by atoms with E-state index in [0.29, 0.717) is 18.7 Å². The highest BCUT2D eigenvalue weighted by molar-refractivity contribution is 5.79. The number of carbonyl (C=O) groups excluding carboxylic acids is 1. The highest BCUT2D eigenvalue weighted by Gasteiger charge is 2.32. The van der Waals surface area contributed by atoms with Gasteiger partial charge in [-0.3, -0.25) is 19.6 Å². The summed E-state index contributed by atoms with van der Waals surface area (Å²) in [5, 5.41) is 17.2. The summed E-state index contributed by atoms with van der Waals surface area (Å²) in [7, 11) is 1.64. The molecule has 15 heavy (non-hydrogen) atoms. The van der Waals surface area contributed by atoms with E-state index >= 15 is 0 Å². The van der Waals surface area contributed by atoms with Gasteiger partial charge in [0.15, 0.2) is 0 Å².